The van der Waals surface area contributed by atoms with Gasteiger partial charge in [-0.2, -0.15) is 0 Å². The third-order valence-electron chi connectivity index (χ3n) is 9.63. The van der Waals surface area contributed by atoms with Crippen molar-refractivity contribution in [2.75, 3.05) is 64.9 Å². The molecule has 3 aromatic carbocycles. The van der Waals surface area contributed by atoms with Gasteiger partial charge < -0.3 is 29.7 Å². The van der Waals surface area contributed by atoms with Gasteiger partial charge in [0.25, 0.3) is 0 Å². The molecule has 10 heteroatoms. The number of hydrogen-bond donors (Lipinski definition) is 1. The number of aryl methyl sites for hydroxylation is 2. The van der Waals surface area contributed by atoms with Crippen LogP contribution in [0.15, 0.2) is 72.8 Å². The number of carbonyl (C=O) groups is 3. The van der Waals surface area contributed by atoms with Gasteiger partial charge in [0.2, 0.25) is 5.91 Å². The Morgan fingerprint density at radius 3 is 2.06 bits per heavy atom. The number of carbonyl (C=O) groups excluding carboxylic acids is 3. The molecule has 0 saturated carbocycles. The summed E-state index contributed by atoms with van der Waals surface area (Å²) in [5.41, 5.74) is 4.59. The normalized spacial score (nSPS) is 14.3. The molecule has 52 heavy (non-hydrogen) atoms. The van der Waals surface area contributed by atoms with Crippen molar-refractivity contribution in [2.45, 2.75) is 78.8 Å². The summed E-state index contributed by atoms with van der Waals surface area (Å²) in [6, 6.07) is 22.3. The first kappa shape index (κ1) is 40.2. The van der Waals surface area contributed by atoms with Crippen LogP contribution in [0.25, 0.3) is 0 Å². The molecular weight excluding hydrogens is 653 g/mol. The summed E-state index contributed by atoms with van der Waals surface area (Å²) < 4.78 is 5.53. The van der Waals surface area contributed by atoms with Gasteiger partial charge in [0.1, 0.15) is 11.8 Å². The zero-order valence-electron chi connectivity index (χ0n) is 32.3. The number of nitrogens with zero attached hydrogens (tertiary/aromatic N) is 5. The van der Waals surface area contributed by atoms with Crippen LogP contribution in [-0.4, -0.2) is 104 Å². The van der Waals surface area contributed by atoms with Gasteiger partial charge in [-0.1, -0.05) is 82.0 Å². The molecule has 1 aliphatic heterocycles. The molecular formula is C42H60N6O4. The minimum atomic E-state index is -0.866. The topological polar surface area (TPSA) is 88.7 Å². The van der Waals surface area contributed by atoms with E-state index in [0.29, 0.717) is 45.0 Å². The third-order valence-corrected chi connectivity index (χ3v) is 9.63. The number of hydrogen-bond acceptors (Lipinski definition) is 5. The van der Waals surface area contributed by atoms with Gasteiger partial charge in [0, 0.05) is 51.4 Å². The Balaban J connectivity index is 1.58. The molecule has 0 spiro atoms. The minimum Gasteiger partial charge on any atom is -0.496 e. The molecule has 1 saturated heterocycles. The molecule has 1 unspecified atom stereocenters. The summed E-state index contributed by atoms with van der Waals surface area (Å²) >= 11 is 0. The Hall–Kier alpha value is -4.57. The van der Waals surface area contributed by atoms with Gasteiger partial charge in [-0.05, 0) is 75.2 Å². The average Bonchev–Trinajstić information content (AvgIpc) is 3.14. The summed E-state index contributed by atoms with van der Waals surface area (Å²) in [6.07, 6.45) is 6.16. The van der Waals surface area contributed by atoms with Crippen LogP contribution < -0.4 is 15.0 Å². The van der Waals surface area contributed by atoms with Crippen LogP contribution in [0, 0.1) is 13.8 Å². The lowest BCUT2D eigenvalue weighted by atomic mass is 10.1. The fourth-order valence-corrected chi connectivity index (χ4v) is 6.86. The van der Waals surface area contributed by atoms with Gasteiger partial charge in [0.15, 0.2) is 0 Å². The Labute approximate surface area is 311 Å². The van der Waals surface area contributed by atoms with Crippen LogP contribution in [0.1, 0.15) is 69.1 Å². The van der Waals surface area contributed by atoms with Gasteiger partial charge >= 0.3 is 12.1 Å². The average molecular weight is 713 g/mol. The first-order chi connectivity index (χ1) is 25.2. The van der Waals surface area contributed by atoms with Crippen LogP contribution in [0.4, 0.5) is 21.0 Å². The summed E-state index contributed by atoms with van der Waals surface area (Å²) in [6.45, 7) is 12.1. The largest absolute Gasteiger partial charge is 0.496 e. The Morgan fingerprint density at radius 1 is 0.788 bits per heavy atom. The molecule has 1 atom stereocenters. The van der Waals surface area contributed by atoms with Gasteiger partial charge in [-0.25, -0.2) is 9.59 Å². The summed E-state index contributed by atoms with van der Waals surface area (Å²) in [5, 5.41) is 3.12. The number of rotatable bonds is 17. The van der Waals surface area contributed by atoms with Crippen LogP contribution in [0.2, 0.25) is 0 Å². The molecule has 3 aromatic rings. The van der Waals surface area contributed by atoms with E-state index in [9.17, 15) is 14.4 Å². The summed E-state index contributed by atoms with van der Waals surface area (Å²) in [4.78, 5) is 52.3. The quantitative estimate of drug-likeness (QED) is 0.146. The van der Waals surface area contributed by atoms with Crippen molar-refractivity contribution in [2.24, 2.45) is 0 Å². The van der Waals surface area contributed by atoms with E-state index in [4.69, 9.17) is 4.74 Å². The molecule has 4 rings (SSSR count). The molecule has 0 bridgehead atoms. The second kappa shape index (κ2) is 20.5. The molecule has 0 aromatic heterocycles. The number of nitrogens with one attached hydrogen (secondary N) is 1. The highest BCUT2D eigenvalue weighted by atomic mass is 16.5. The highest BCUT2D eigenvalue weighted by molar-refractivity contribution is 6.02. The van der Waals surface area contributed by atoms with E-state index in [-0.39, 0.29) is 31.1 Å². The van der Waals surface area contributed by atoms with Gasteiger partial charge in [-0.15, -0.1) is 0 Å². The molecule has 1 aliphatic rings. The second-order valence-corrected chi connectivity index (χ2v) is 14.0. The fraction of sp³-hybridized carbons (Fsp3) is 0.500. The van der Waals surface area contributed by atoms with Crippen molar-refractivity contribution < 1.29 is 19.1 Å². The number of anilines is 2. The van der Waals surface area contributed by atoms with Crippen LogP contribution in [-0.2, 0) is 11.3 Å². The monoisotopic (exact) mass is 712 g/mol. The number of amides is 5. The molecule has 5 amide bonds. The number of unbranched alkanes of at least 4 members (excludes halogenated alkanes) is 4. The van der Waals surface area contributed by atoms with Crippen LogP contribution in [0.5, 0.6) is 5.75 Å². The highest BCUT2D eigenvalue weighted by Gasteiger charge is 2.40. The van der Waals surface area contributed by atoms with Gasteiger partial charge in [-0.3, -0.25) is 9.69 Å². The van der Waals surface area contributed by atoms with Crippen molar-refractivity contribution in [1.82, 2.24) is 24.9 Å². The third kappa shape index (κ3) is 11.2. The number of para-hydroxylation sites is 2. The van der Waals surface area contributed by atoms with E-state index in [1.54, 1.807) is 21.8 Å². The lowest BCUT2D eigenvalue weighted by molar-refractivity contribution is -0.127. The Bertz CT molecular complexity index is 1550. The SMILES string of the molecule is CCCCCN(CCCCC)C(=O)N1CCN(C(=O)N(c2ccccc2)c2cc(C)cc(C)c2)C(C(=O)NCCN(C)Cc2ccccc2OC)C1. The molecule has 1 heterocycles. The second-order valence-electron chi connectivity index (χ2n) is 14.0. The smallest absolute Gasteiger partial charge is 0.329 e. The van der Waals surface area contributed by atoms with E-state index < -0.39 is 6.04 Å². The Morgan fingerprint density at radius 2 is 1.42 bits per heavy atom. The Kier molecular flexibility index (Phi) is 15.8. The van der Waals surface area contributed by atoms with Crippen LogP contribution >= 0.6 is 0 Å². The summed E-state index contributed by atoms with van der Waals surface area (Å²) in [7, 11) is 3.67. The first-order valence-electron chi connectivity index (χ1n) is 19.0. The number of benzene rings is 3. The molecule has 10 nitrogen and oxygen atoms in total. The van der Waals surface area contributed by atoms with Crippen molar-refractivity contribution in [1.29, 1.82) is 0 Å². The number of methoxy groups -OCH3 is 1. The van der Waals surface area contributed by atoms with E-state index in [2.05, 4.69) is 30.1 Å². The highest BCUT2D eigenvalue weighted by Crippen LogP contribution is 2.30. The zero-order valence-corrected chi connectivity index (χ0v) is 32.3. The van der Waals surface area contributed by atoms with Crippen molar-refractivity contribution in [3.63, 3.8) is 0 Å². The molecule has 1 fully saturated rings. The van der Waals surface area contributed by atoms with E-state index >= 15 is 0 Å². The van der Waals surface area contributed by atoms with Crippen LogP contribution in [0.3, 0.4) is 0 Å². The number of ether oxygens (including phenoxy) is 1. The fourth-order valence-electron chi connectivity index (χ4n) is 6.86. The molecule has 1 N–H and O–H groups in total. The van der Waals surface area contributed by atoms with Crippen molar-refractivity contribution >= 4 is 29.3 Å². The first-order valence-corrected chi connectivity index (χ1v) is 19.0. The van der Waals surface area contributed by atoms with E-state index in [0.717, 1.165) is 66.7 Å². The maximum Gasteiger partial charge on any atom is 0.329 e. The van der Waals surface area contributed by atoms with E-state index in [1.165, 1.54) is 0 Å². The predicted molar refractivity (Wildman–Crippen MR) is 210 cm³/mol. The lowest BCUT2D eigenvalue weighted by Crippen LogP contribution is -2.64. The van der Waals surface area contributed by atoms with Crippen molar-refractivity contribution in [3.05, 3.63) is 89.5 Å². The molecule has 0 radical (unpaired) electrons. The minimum absolute atomic E-state index is 0.0529. The maximum absolute atomic E-state index is 14.8. The van der Waals surface area contributed by atoms with Crippen molar-refractivity contribution in [3.8, 4) is 5.75 Å². The lowest BCUT2D eigenvalue weighted by Gasteiger charge is -2.43. The van der Waals surface area contributed by atoms with E-state index in [1.807, 2.05) is 92.5 Å². The maximum atomic E-state index is 14.8. The zero-order chi connectivity index (χ0) is 37.5. The predicted octanol–water partition coefficient (Wildman–Crippen LogP) is 7.61. The molecule has 0 aliphatic carbocycles. The number of likely N-dealkylation sites (N-methyl/N-ethyl adjacent to an activating group) is 1. The van der Waals surface area contributed by atoms with Gasteiger partial charge in [0.05, 0.1) is 25.0 Å². The summed E-state index contributed by atoms with van der Waals surface area (Å²) in [5.74, 6) is 0.554. The molecule has 282 valence electrons. The number of urea groups is 2. The standard InChI is InChI=1S/C42H60N6O4/c1-7-9-16-23-45(24-17-10-8-2)41(50)46-26-27-47(42(51)48(36-19-12-11-13-20-36)37-29-33(3)28-34(4)30-37)38(32-46)40(49)43-22-25-44(5)31-35-18-14-15-21-39(35)52-6/h11-15,18-21,28-30,38H,7-10,16-17,22-27,31-32H2,1-6H3,(H,43,49). The number of piperazine rings is 1.